The van der Waals surface area contributed by atoms with E-state index in [-0.39, 0.29) is 5.91 Å². The summed E-state index contributed by atoms with van der Waals surface area (Å²) >= 11 is 1.48. The Morgan fingerprint density at radius 2 is 1.90 bits per heavy atom. The van der Waals surface area contributed by atoms with Gasteiger partial charge >= 0.3 is 6.18 Å². The van der Waals surface area contributed by atoms with Gasteiger partial charge in [0.15, 0.2) is 0 Å². The summed E-state index contributed by atoms with van der Waals surface area (Å²) < 4.78 is 38.2. The van der Waals surface area contributed by atoms with Crippen LogP contribution in [0.3, 0.4) is 0 Å². The molecule has 1 aliphatic carbocycles. The average molecular weight is 301 g/mol. The summed E-state index contributed by atoms with van der Waals surface area (Å²) in [4.78, 5) is 13.1. The topological polar surface area (TPSA) is 29.1 Å². The molecule has 2 aliphatic rings. The number of rotatable bonds is 0. The first-order valence-electron chi connectivity index (χ1n) is 6.56. The molecular formula is C14H14F3NOS. The molecule has 1 N–H and O–H groups in total. The smallest absolute Gasteiger partial charge is 0.325 e. The summed E-state index contributed by atoms with van der Waals surface area (Å²) in [5.74, 6) is 0.526. The quantitative estimate of drug-likeness (QED) is 0.773. The van der Waals surface area contributed by atoms with Crippen LogP contribution in [-0.4, -0.2) is 11.7 Å². The molecule has 0 aromatic heterocycles. The van der Waals surface area contributed by atoms with Crippen LogP contribution in [0.5, 0.6) is 0 Å². The van der Waals surface area contributed by atoms with E-state index in [1.807, 2.05) is 0 Å². The molecule has 1 saturated carbocycles. The van der Waals surface area contributed by atoms with Gasteiger partial charge in [0, 0.05) is 10.6 Å². The molecule has 1 aromatic carbocycles. The fourth-order valence-corrected chi connectivity index (χ4v) is 4.17. The number of hydrogen-bond acceptors (Lipinski definition) is 2. The number of anilines is 1. The summed E-state index contributed by atoms with van der Waals surface area (Å²) in [6.07, 6.45) is -0.712. The Morgan fingerprint density at radius 3 is 2.55 bits per heavy atom. The summed E-state index contributed by atoms with van der Waals surface area (Å²) in [5.41, 5.74) is -0.833. The Hall–Kier alpha value is -1.17. The van der Waals surface area contributed by atoms with E-state index in [0.717, 1.165) is 42.7 Å². The number of benzene rings is 1. The highest BCUT2D eigenvalue weighted by Crippen LogP contribution is 2.47. The molecule has 0 radical (unpaired) electrons. The van der Waals surface area contributed by atoms with E-state index in [2.05, 4.69) is 5.32 Å². The molecule has 1 heterocycles. The number of thioether (sulfide) groups is 1. The summed E-state index contributed by atoms with van der Waals surface area (Å²) in [7, 11) is 0. The molecule has 0 atom stereocenters. The van der Waals surface area contributed by atoms with Crippen molar-refractivity contribution in [3.63, 3.8) is 0 Å². The first-order chi connectivity index (χ1) is 9.41. The molecule has 1 aromatic rings. The minimum atomic E-state index is -4.39. The highest BCUT2D eigenvalue weighted by molar-refractivity contribution is 7.99. The summed E-state index contributed by atoms with van der Waals surface area (Å²) in [5, 5.41) is 2.71. The summed E-state index contributed by atoms with van der Waals surface area (Å²) in [6, 6.07) is 3.57. The molecule has 6 heteroatoms. The Balaban J connectivity index is 1.95. The van der Waals surface area contributed by atoms with Crippen molar-refractivity contribution >= 4 is 23.4 Å². The molecule has 0 unspecified atom stereocenters. The third-order valence-corrected chi connectivity index (χ3v) is 5.47. The van der Waals surface area contributed by atoms with Crippen molar-refractivity contribution in [2.45, 2.75) is 36.8 Å². The minimum absolute atomic E-state index is 0.124. The Bertz CT molecular complexity index is 550. The second-order valence-corrected chi connectivity index (χ2v) is 6.46. The third kappa shape index (κ3) is 2.30. The van der Waals surface area contributed by atoms with E-state index in [1.165, 1.54) is 17.8 Å². The fourth-order valence-electron chi connectivity index (χ4n) is 2.89. The van der Waals surface area contributed by atoms with E-state index in [0.29, 0.717) is 11.4 Å². The van der Waals surface area contributed by atoms with Crippen LogP contribution in [0.25, 0.3) is 0 Å². The largest absolute Gasteiger partial charge is 0.416 e. The van der Waals surface area contributed by atoms with Crippen molar-refractivity contribution in [3.05, 3.63) is 23.8 Å². The van der Waals surface area contributed by atoms with Crippen LogP contribution in [0.2, 0.25) is 0 Å². The van der Waals surface area contributed by atoms with Gasteiger partial charge in [-0.25, -0.2) is 0 Å². The van der Waals surface area contributed by atoms with Gasteiger partial charge in [0.05, 0.1) is 16.7 Å². The van der Waals surface area contributed by atoms with Gasteiger partial charge in [0.25, 0.3) is 0 Å². The van der Waals surface area contributed by atoms with Gasteiger partial charge in [-0.1, -0.05) is 12.8 Å². The van der Waals surface area contributed by atoms with Crippen molar-refractivity contribution in [1.29, 1.82) is 0 Å². The maximum atomic E-state index is 12.7. The van der Waals surface area contributed by atoms with Crippen molar-refractivity contribution in [3.8, 4) is 0 Å². The summed E-state index contributed by atoms with van der Waals surface area (Å²) in [6.45, 7) is 0. The van der Waals surface area contributed by atoms with Crippen molar-refractivity contribution in [1.82, 2.24) is 0 Å². The molecule has 2 nitrogen and oxygen atoms in total. The maximum absolute atomic E-state index is 12.7. The Kier molecular flexibility index (Phi) is 3.23. The maximum Gasteiger partial charge on any atom is 0.416 e. The lowest BCUT2D eigenvalue weighted by Gasteiger charge is -2.24. The van der Waals surface area contributed by atoms with Gasteiger partial charge in [0.2, 0.25) is 5.91 Å². The van der Waals surface area contributed by atoms with Crippen molar-refractivity contribution < 1.29 is 18.0 Å². The second kappa shape index (κ2) is 4.69. The lowest BCUT2D eigenvalue weighted by atomic mass is 9.87. The predicted molar refractivity (Wildman–Crippen MR) is 71.7 cm³/mol. The highest BCUT2D eigenvalue weighted by Gasteiger charge is 2.43. The molecular weight excluding hydrogens is 287 g/mol. The molecule has 1 aliphatic heterocycles. The molecule has 1 spiro atoms. The second-order valence-electron chi connectivity index (χ2n) is 5.44. The van der Waals surface area contributed by atoms with Crippen LogP contribution >= 0.6 is 11.8 Å². The van der Waals surface area contributed by atoms with Crippen molar-refractivity contribution in [2.24, 2.45) is 5.41 Å². The van der Waals surface area contributed by atoms with Gasteiger partial charge in [-0.3, -0.25) is 4.79 Å². The monoisotopic (exact) mass is 301 g/mol. The number of carbonyl (C=O) groups is 1. The number of amides is 1. The van der Waals surface area contributed by atoms with E-state index >= 15 is 0 Å². The first-order valence-corrected chi connectivity index (χ1v) is 7.55. The molecule has 0 bridgehead atoms. The van der Waals surface area contributed by atoms with E-state index in [1.54, 1.807) is 0 Å². The standard InChI is InChI=1S/C14H14F3NOS/c15-14(16,17)9-3-4-11-10(7-9)18-12(19)13(8-20-11)5-1-2-6-13/h3-4,7H,1-2,5-6,8H2,(H,18,19). The number of alkyl halides is 3. The van der Waals surface area contributed by atoms with Crippen LogP contribution in [0.4, 0.5) is 18.9 Å². The SMILES string of the molecule is O=C1Nc2cc(C(F)(F)F)ccc2SCC12CCCC2. The van der Waals surface area contributed by atoms with Crippen molar-refractivity contribution in [2.75, 3.05) is 11.1 Å². The molecule has 1 fully saturated rings. The van der Waals surface area contributed by atoms with E-state index < -0.39 is 17.2 Å². The van der Waals surface area contributed by atoms with Gasteiger partial charge in [-0.15, -0.1) is 11.8 Å². The molecule has 0 saturated heterocycles. The van der Waals surface area contributed by atoms with Crippen LogP contribution in [0.1, 0.15) is 31.2 Å². The van der Waals surface area contributed by atoms with Gasteiger partial charge in [-0.2, -0.15) is 13.2 Å². The Labute approximate surface area is 119 Å². The lowest BCUT2D eigenvalue weighted by molar-refractivity contribution is -0.137. The fraction of sp³-hybridized carbons (Fsp3) is 0.500. The molecule has 108 valence electrons. The normalized spacial score (nSPS) is 21.4. The third-order valence-electron chi connectivity index (χ3n) is 4.10. The zero-order valence-electron chi connectivity index (χ0n) is 10.7. The Morgan fingerprint density at radius 1 is 1.20 bits per heavy atom. The molecule has 20 heavy (non-hydrogen) atoms. The van der Waals surface area contributed by atoms with Gasteiger partial charge in [-0.05, 0) is 31.0 Å². The van der Waals surface area contributed by atoms with Crippen LogP contribution < -0.4 is 5.32 Å². The first kappa shape index (κ1) is 13.8. The predicted octanol–water partition coefficient (Wildman–Crippen LogP) is 4.31. The number of nitrogens with one attached hydrogen (secondary N) is 1. The zero-order chi connectivity index (χ0) is 14.4. The number of halogens is 3. The van der Waals surface area contributed by atoms with E-state index in [9.17, 15) is 18.0 Å². The van der Waals surface area contributed by atoms with Crippen LogP contribution in [-0.2, 0) is 11.0 Å². The molecule has 1 amide bonds. The van der Waals surface area contributed by atoms with Crippen LogP contribution in [0, 0.1) is 5.41 Å². The minimum Gasteiger partial charge on any atom is -0.325 e. The molecule has 3 rings (SSSR count). The number of fused-ring (bicyclic) bond motifs is 1. The van der Waals surface area contributed by atoms with Crippen LogP contribution in [0.15, 0.2) is 23.1 Å². The lowest BCUT2D eigenvalue weighted by Crippen LogP contribution is -2.34. The number of carbonyl (C=O) groups excluding carboxylic acids is 1. The van der Waals surface area contributed by atoms with E-state index in [4.69, 9.17) is 0 Å². The average Bonchev–Trinajstić information content (AvgIpc) is 2.80. The number of hydrogen-bond donors (Lipinski definition) is 1. The van der Waals surface area contributed by atoms with Gasteiger partial charge < -0.3 is 5.32 Å². The van der Waals surface area contributed by atoms with Gasteiger partial charge in [0.1, 0.15) is 0 Å². The highest BCUT2D eigenvalue weighted by atomic mass is 32.2. The zero-order valence-corrected chi connectivity index (χ0v) is 11.5.